The molecule has 0 aliphatic heterocycles. The highest BCUT2D eigenvalue weighted by molar-refractivity contribution is 6.54. The first-order chi connectivity index (χ1) is 7.92. The number of unbranched alkanes of at least 4 members (excludes halogenated alkanes) is 3. The normalized spacial score (nSPS) is 15.1. The first-order valence-electron chi connectivity index (χ1n) is 6.99. The molecular formula is C15H23B. The zero-order valence-corrected chi connectivity index (χ0v) is 10.5. The lowest BCUT2D eigenvalue weighted by Crippen LogP contribution is -2.18. The minimum Gasteiger partial charge on any atom is -0.0811 e. The average molecular weight is 214 g/mol. The van der Waals surface area contributed by atoms with E-state index in [9.17, 15) is 0 Å². The Morgan fingerprint density at radius 2 is 1.94 bits per heavy atom. The van der Waals surface area contributed by atoms with Gasteiger partial charge in [-0.2, -0.15) is 0 Å². The van der Waals surface area contributed by atoms with E-state index in [0.717, 1.165) is 5.92 Å². The van der Waals surface area contributed by atoms with Crippen molar-refractivity contribution in [3.63, 3.8) is 0 Å². The maximum atomic E-state index is 2.35. The minimum absolute atomic E-state index is 0.909. The largest absolute Gasteiger partial charge is 0.158 e. The fourth-order valence-corrected chi connectivity index (χ4v) is 2.47. The summed E-state index contributed by atoms with van der Waals surface area (Å²) in [7, 11) is 1.30. The highest BCUT2D eigenvalue weighted by Gasteiger charge is 2.25. The second-order valence-electron chi connectivity index (χ2n) is 5.14. The Balaban J connectivity index is 1.79. The molecule has 16 heavy (non-hydrogen) atoms. The molecule has 0 amide bonds. The highest BCUT2D eigenvalue weighted by Crippen LogP contribution is 2.38. The van der Waals surface area contributed by atoms with E-state index >= 15 is 0 Å². The van der Waals surface area contributed by atoms with Crippen LogP contribution in [0.2, 0.25) is 6.32 Å². The van der Waals surface area contributed by atoms with Gasteiger partial charge in [-0.3, -0.25) is 0 Å². The van der Waals surface area contributed by atoms with E-state index in [0.29, 0.717) is 0 Å². The molecule has 0 atom stereocenters. The summed E-state index contributed by atoms with van der Waals surface area (Å²) in [4.78, 5) is 0. The lowest BCUT2D eigenvalue weighted by atomic mass is 9.64. The molecule has 0 saturated heterocycles. The van der Waals surface area contributed by atoms with Gasteiger partial charge in [0.2, 0.25) is 0 Å². The molecule has 1 aliphatic rings. The van der Waals surface area contributed by atoms with Gasteiger partial charge in [0, 0.05) is 0 Å². The lowest BCUT2D eigenvalue weighted by molar-refractivity contribution is 0.701. The fraction of sp³-hybridized carbons (Fsp3) is 0.600. The molecular weight excluding hydrogens is 191 g/mol. The van der Waals surface area contributed by atoms with Gasteiger partial charge in [0.05, 0.1) is 0 Å². The number of benzene rings is 1. The molecule has 2 rings (SSSR count). The van der Waals surface area contributed by atoms with Gasteiger partial charge < -0.3 is 0 Å². The summed E-state index contributed by atoms with van der Waals surface area (Å²) < 4.78 is 0. The predicted octanol–water partition coefficient (Wildman–Crippen LogP) is 3.62. The Morgan fingerprint density at radius 3 is 2.69 bits per heavy atom. The summed E-state index contributed by atoms with van der Waals surface area (Å²) >= 11 is 0. The van der Waals surface area contributed by atoms with Crippen LogP contribution in [0.1, 0.15) is 56.9 Å². The van der Waals surface area contributed by atoms with Crippen LogP contribution in [0.4, 0.5) is 0 Å². The standard InChI is InChI=1S/C15H23B/c1-2-3-4-7-12-16-15-9-6-5-8-14(15)13-10-11-13/h5-6,8-9,13,16H,2-4,7,10-12H2,1H3. The minimum atomic E-state index is 0.909. The monoisotopic (exact) mass is 214 g/mol. The topological polar surface area (TPSA) is 0 Å². The van der Waals surface area contributed by atoms with E-state index in [1.54, 1.807) is 11.0 Å². The van der Waals surface area contributed by atoms with Crippen LogP contribution in [0.3, 0.4) is 0 Å². The predicted molar refractivity (Wildman–Crippen MR) is 74.1 cm³/mol. The van der Waals surface area contributed by atoms with Crippen LogP contribution >= 0.6 is 0 Å². The Labute approximate surface area is 101 Å². The zero-order valence-electron chi connectivity index (χ0n) is 10.5. The second-order valence-corrected chi connectivity index (χ2v) is 5.14. The molecule has 0 heterocycles. The van der Waals surface area contributed by atoms with Crippen molar-refractivity contribution in [3.05, 3.63) is 29.8 Å². The smallest absolute Gasteiger partial charge is 0.0811 e. The molecule has 0 unspecified atom stereocenters. The van der Waals surface area contributed by atoms with E-state index in [4.69, 9.17) is 0 Å². The Hall–Kier alpha value is -0.715. The molecule has 1 heteroatoms. The van der Waals surface area contributed by atoms with Crippen molar-refractivity contribution in [1.29, 1.82) is 0 Å². The van der Waals surface area contributed by atoms with Crippen LogP contribution in [-0.2, 0) is 0 Å². The Kier molecular flexibility index (Phi) is 4.50. The number of hydrogen-bond acceptors (Lipinski definition) is 0. The average Bonchev–Trinajstić information content (AvgIpc) is 3.13. The Morgan fingerprint density at radius 1 is 1.12 bits per heavy atom. The van der Waals surface area contributed by atoms with Crippen molar-refractivity contribution in [3.8, 4) is 0 Å². The summed E-state index contributed by atoms with van der Waals surface area (Å²) in [5, 5.41) is 0. The summed E-state index contributed by atoms with van der Waals surface area (Å²) in [6.07, 6.45) is 9.81. The maximum Gasteiger partial charge on any atom is 0.158 e. The number of rotatable bonds is 7. The van der Waals surface area contributed by atoms with Crippen LogP contribution in [0, 0.1) is 0 Å². The first kappa shape index (κ1) is 11.8. The van der Waals surface area contributed by atoms with Gasteiger partial charge in [0.1, 0.15) is 0 Å². The zero-order chi connectivity index (χ0) is 11.2. The fourth-order valence-electron chi connectivity index (χ4n) is 2.47. The summed E-state index contributed by atoms with van der Waals surface area (Å²) in [5.74, 6) is 0.909. The van der Waals surface area contributed by atoms with Crippen molar-refractivity contribution < 1.29 is 0 Å². The third kappa shape index (κ3) is 3.40. The number of hydrogen-bond donors (Lipinski definition) is 0. The van der Waals surface area contributed by atoms with Crippen molar-refractivity contribution in [1.82, 2.24) is 0 Å². The van der Waals surface area contributed by atoms with Gasteiger partial charge in [-0.05, 0) is 18.8 Å². The van der Waals surface area contributed by atoms with Crippen LogP contribution in [0.25, 0.3) is 0 Å². The van der Waals surface area contributed by atoms with Crippen molar-refractivity contribution in [2.24, 2.45) is 0 Å². The molecule has 0 aromatic heterocycles. The summed E-state index contributed by atoms with van der Waals surface area (Å²) in [5.41, 5.74) is 3.28. The quantitative estimate of drug-likeness (QED) is 0.480. The maximum absolute atomic E-state index is 2.35. The summed E-state index contributed by atoms with van der Waals surface area (Å²) in [6.45, 7) is 2.28. The van der Waals surface area contributed by atoms with Gasteiger partial charge >= 0.3 is 0 Å². The van der Waals surface area contributed by atoms with Gasteiger partial charge in [-0.1, -0.05) is 74.2 Å². The van der Waals surface area contributed by atoms with E-state index in [1.807, 2.05) is 0 Å². The molecule has 1 saturated carbocycles. The van der Waals surface area contributed by atoms with E-state index in [2.05, 4.69) is 31.2 Å². The van der Waals surface area contributed by atoms with E-state index < -0.39 is 0 Å². The molecule has 0 radical (unpaired) electrons. The lowest BCUT2D eigenvalue weighted by Gasteiger charge is -2.07. The van der Waals surface area contributed by atoms with Crippen molar-refractivity contribution >= 4 is 12.7 Å². The van der Waals surface area contributed by atoms with E-state index in [-0.39, 0.29) is 0 Å². The molecule has 1 aromatic rings. The molecule has 1 aliphatic carbocycles. The molecule has 0 bridgehead atoms. The van der Waals surface area contributed by atoms with Gasteiger partial charge in [0.15, 0.2) is 7.28 Å². The highest BCUT2D eigenvalue weighted by atomic mass is 14.3. The van der Waals surface area contributed by atoms with Crippen LogP contribution < -0.4 is 5.46 Å². The van der Waals surface area contributed by atoms with Crippen LogP contribution in [0.15, 0.2) is 24.3 Å². The first-order valence-corrected chi connectivity index (χ1v) is 6.99. The van der Waals surface area contributed by atoms with Crippen LogP contribution in [-0.4, -0.2) is 7.28 Å². The second kappa shape index (κ2) is 6.13. The Bertz CT molecular complexity index is 315. The molecule has 0 spiro atoms. The molecule has 1 aromatic carbocycles. The van der Waals surface area contributed by atoms with Crippen molar-refractivity contribution in [2.45, 2.75) is 57.7 Å². The third-order valence-corrected chi connectivity index (χ3v) is 3.62. The molecule has 1 fully saturated rings. The van der Waals surface area contributed by atoms with Gasteiger partial charge in [-0.25, -0.2) is 0 Å². The van der Waals surface area contributed by atoms with Gasteiger partial charge in [-0.15, -0.1) is 0 Å². The van der Waals surface area contributed by atoms with Crippen molar-refractivity contribution in [2.75, 3.05) is 0 Å². The van der Waals surface area contributed by atoms with Gasteiger partial charge in [0.25, 0.3) is 0 Å². The summed E-state index contributed by atoms with van der Waals surface area (Å²) in [6, 6.07) is 9.09. The van der Waals surface area contributed by atoms with Crippen LogP contribution in [0.5, 0.6) is 0 Å². The SMILES string of the molecule is CCCCCCBc1ccccc1C1CC1. The molecule has 0 N–H and O–H groups in total. The molecule has 86 valence electrons. The third-order valence-electron chi connectivity index (χ3n) is 3.62. The van der Waals surface area contributed by atoms with E-state index in [1.165, 1.54) is 52.1 Å². The molecule has 0 nitrogen and oxygen atoms in total.